The number of nitrogens with one attached hydrogen (secondary N) is 1. The van der Waals surface area contributed by atoms with Crippen LogP contribution >= 0.6 is 0 Å². The van der Waals surface area contributed by atoms with Crippen LogP contribution in [0.1, 0.15) is 31.5 Å². The molecule has 2 aromatic carbocycles. The number of para-hydroxylation sites is 1. The lowest BCUT2D eigenvalue weighted by Crippen LogP contribution is -2.36. The van der Waals surface area contributed by atoms with E-state index in [4.69, 9.17) is 5.11 Å². The summed E-state index contributed by atoms with van der Waals surface area (Å²) in [5, 5.41) is 23.2. The molecule has 0 fully saturated rings. The van der Waals surface area contributed by atoms with Crippen LogP contribution in [0.2, 0.25) is 0 Å². The van der Waals surface area contributed by atoms with Gasteiger partial charge in [-0.05, 0) is 37.5 Å². The maximum atomic E-state index is 11.2. The number of aliphatic carboxylic acids is 1. The number of carboxylic acids is 1. The number of hydrogen-bond acceptors (Lipinski definition) is 4. The lowest BCUT2D eigenvalue weighted by molar-refractivity contribution is -0.674. The third-order valence-electron chi connectivity index (χ3n) is 4.97. The summed E-state index contributed by atoms with van der Waals surface area (Å²) in [6.45, 7) is 0.694. The molecule has 0 bridgehead atoms. The molecule has 0 saturated carbocycles. The number of anilines is 1. The average Bonchev–Trinajstić information content (AvgIpc) is 2.99. The van der Waals surface area contributed by atoms with Gasteiger partial charge in [0.15, 0.2) is 11.0 Å². The number of hydrogen-bond donors (Lipinski definition) is 2. The standard InChI is InChI=1S/C22H24N4O4/c1-24-20-16-18(26(29)30)11-12-19(20)25(15-7-3-6-10-22(27)28)21(24)13-14-23-17-8-4-2-5-9-17/h2,4-5,8-9,11-14,16H,3,6-7,10,15H2,1H3,(H,27,28)/p+1. The number of aryl methyl sites for hydroxylation is 2. The number of benzene rings is 2. The van der Waals surface area contributed by atoms with Gasteiger partial charge in [0.25, 0.3) is 11.5 Å². The largest absolute Gasteiger partial charge is 0.481 e. The molecule has 1 heterocycles. The lowest BCUT2D eigenvalue weighted by atomic mass is 10.2. The maximum absolute atomic E-state index is 11.2. The van der Waals surface area contributed by atoms with Crippen LogP contribution in [0.3, 0.4) is 0 Å². The van der Waals surface area contributed by atoms with E-state index in [-0.39, 0.29) is 12.1 Å². The molecule has 8 nitrogen and oxygen atoms in total. The first kappa shape index (κ1) is 21.0. The molecule has 0 atom stereocenters. The summed E-state index contributed by atoms with van der Waals surface area (Å²) in [5.74, 6) is 0.114. The zero-order valence-electron chi connectivity index (χ0n) is 16.8. The Kier molecular flexibility index (Phi) is 6.79. The maximum Gasteiger partial charge on any atom is 0.303 e. The zero-order valence-corrected chi connectivity index (χ0v) is 16.8. The van der Waals surface area contributed by atoms with E-state index >= 15 is 0 Å². The van der Waals surface area contributed by atoms with Gasteiger partial charge in [-0.3, -0.25) is 14.9 Å². The van der Waals surface area contributed by atoms with Crippen molar-refractivity contribution in [2.45, 2.75) is 32.2 Å². The molecule has 0 saturated heterocycles. The molecule has 0 aliphatic heterocycles. The molecule has 3 aromatic rings. The van der Waals surface area contributed by atoms with E-state index in [2.05, 4.69) is 9.88 Å². The third-order valence-corrected chi connectivity index (χ3v) is 4.97. The first-order valence-electron chi connectivity index (χ1n) is 9.84. The van der Waals surface area contributed by atoms with Gasteiger partial charge in [-0.2, -0.15) is 0 Å². The minimum Gasteiger partial charge on any atom is -0.481 e. The number of nitro groups is 1. The molecule has 30 heavy (non-hydrogen) atoms. The number of nitrogens with zero attached hydrogens (tertiary/aromatic N) is 3. The number of carboxylic acid groups (broad SMARTS) is 1. The molecule has 0 radical (unpaired) electrons. The summed E-state index contributed by atoms with van der Waals surface area (Å²) in [6, 6.07) is 14.6. The topological polar surface area (TPSA) is 101 Å². The zero-order chi connectivity index (χ0) is 21.5. The summed E-state index contributed by atoms with van der Waals surface area (Å²) in [4.78, 5) is 21.5. The molecule has 0 aliphatic carbocycles. The van der Waals surface area contributed by atoms with E-state index in [1.807, 2.05) is 54.2 Å². The first-order chi connectivity index (χ1) is 14.5. The van der Waals surface area contributed by atoms with Crippen molar-refractivity contribution in [3.05, 3.63) is 70.7 Å². The highest BCUT2D eigenvalue weighted by molar-refractivity contribution is 5.76. The van der Waals surface area contributed by atoms with Gasteiger partial charge in [0.05, 0.1) is 24.6 Å². The van der Waals surface area contributed by atoms with E-state index in [9.17, 15) is 14.9 Å². The van der Waals surface area contributed by atoms with Crippen molar-refractivity contribution in [2.24, 2.45) is 7.05 Å². The van der Waals surface area contributed by atoms with Crippen molar-refractivity contribution in [3.63, 3.8) is 0 Å². The summed E-state index contributed by atoms with van der Waals surface area (Å²) in [5.41, 5.74) is 2.69. The normalized spacial score (nSPS) is 11.2. The van der Waals surface area contributed by atoms with Crippen molar-refractivity contribution in [3.8, 4) is 0 Å². The number of aromatic nitrogens is 2. The van der Waals surface area contributed by atoms with E-state index in [1.54, 1.807) is 12.1 Å². The average molecular weight is 409 g/mol. The summed E-state index contributed by atoms with van der Waals surface area (Å²) >= 11 is 0. The molecule has 8 heteroatoms. The van der Waals surface area contributed by atoms with Crippen LogP contribution in [0.5, 0.6) is 0 Å². The van der Waals surface area contributed by atoms with Crippen molar-refractivity contribution in [2.75, 3.05) is 5.32 Å². The van der Waals surface area contributed by atoms with Crippen LogP contribution in [0, 0.1) is 10.1 Å². The predicted molar refractivity (Wildman–Crippen MR) is 115 cm³/mol. The summed E-state index contributed by atoms with van der Waals surface area (Å²) in [7, 11) is 1.88. The predicted octanol–water partition coefficient (Wildman–Crippen LogP) is 4.10. The Labute approximate surface area is 174 Å². The van der Waals surface area contributed by atoms with E-state index < -0.39 is 10.9 Å². The fourth-order valence-corrected chi connectivity index (χ4v) is 3.46. The Bertz CT molecular complexity index is 1070. The van der Waals surface area contributed by atoms with Gasteiger partial charge in [-0.1, -0.05) is 18.2 Å². The minimum absolute atomic E-state index is 0.0506. The number of non-ortho nitro benzene ring substituents is 1. The Hall–Kier alpha value is -3.68. The fourth-order valence-electron chi connectivity index (χ4n) is 3.46. The molecule has 156 valence electrons. The molecule has 0 spiro atoms. The highest BCUT2D eigenvalue weighted by Crippen LogP contribution is 2.21. The van der Waals surface area contributed by atoms with Gasteiger partial charge in [0.2, 0.25) is 0 Å². The van der Waals surface area contributed by atoms with Crippen LogP contribution < -0.4 is 9.88 Å². The number of imidazole rings is 1. The quantitative estimate of drug-likeness (QED) is 0.227. The summed E-state index contributed by atoms with van der Waals surface area (Å²) in [6.07, 6.45) is 6.21. The Morgan fingerprint density at radius 1 is 1.20 bits per heavy atom. The molecule has 3 rings (SSSR count). The van der Waals surface area contributed by atoms with Crippen molar-refractivity contribution < 1.29 is 19.4 Å². The lowest BCUT2D eigenvalue weighted by Gasteiger charge is -2.02. The number of nitro benzene ring substituents is 1. The second kappa shape index (κ2) is 9.69. The van der Waals surface area contributed by atoms with Gasteiger partial charge in [0.1, 0.15) is 0 Å². The first-order valence-corrected chi connectivity index (χ1v) is 9.84. The number of rotatable bonds is 10. The fraction of sp³-hybridized carbons (Fsp3) is 0.273. The van der Waals surface area contributed by atoms with Crippen LogP contribution in [-0.4, -0.2) is 20.6 Å². The Morgan fingerprint density at radius 2 is 1.97 bits per heavy atom. The molecule has 0 aliphatic rings. The van der Waals surface area contributed by atoms with Crippen LogP contribution in [0.25, 0.3) is 17.1 Å². The van der Waals surface area contributed by atoms with E-state index in [0.717, 1.165) is 35.4 Å². The molecular formula is C22H25N4O4+. The van der Waals surface area contributed by atoms with E-state index in [1.165, 1.54) is 6.07 Å². The second-order valence-corrected chi connectivity index (χ2v) is 7.05. The van der Waals surface area contributed by atoms with Crippen LogP contribution in [0.4, 0.5) is 11.4 Å². The van der Waals surface area contributed by atoms with Gasteiger partial charge in [-0.25, -0.2) is 9.13 Å². The Morgan fingerprint density at radius 3 is 2.67 bits per heavy atom. The molecule has 2 N–H and O–H groups in total. The second-order valence-electron chi connectivity index (χ2n) is 7.05. The van der Waals surface area contributed by atoms with Gasteiger partial charge < -0.3 is 10.4 Å². The minimum atomic E-state index is -0.782. The third kappa shape index (κ3) is 5.02. The van der Waals surface area contributed by atoms with Gasteiger partial charge >= 0.3 is 5.97 Å². The van der Waals surface area contributed by atoms with Crippen molar-refractivity contribution >= 4 is 34.5 Å². The smallest absolute Gasteiger partial charge is 0.303 e. The Balaban J connectivity index is 1.88. The highest BCUT2D eigenvalue weighted by Gasteiger charge is 2.23. The van der Waals surface area contributed by atoms with Crippen molar-refractivity contribution in [1.82, 2.24) is 4.57 Å². The van der Waals surface area contributed by atoms with Gasteiger partial charge in [-0.15, -0.1) is 0 Å². The molecule has 1 aromatic heterocycles. The number of unbranched alkanes of at least 4 members (excludes halogenated alkanes) is 2. The van der Waals surface area contributed by atoms with Gasteiger partial charge in [0, 0.05) is 30.5 Å². The SMILES string of the molecule is Cn1c(/C=C/Nc2ccccc2)[n+](CCCCCC(=O)O)c2ccc([N+](=O)[O-])cc21. The monoisotopic (exact) mass is 409 g/mol. The van der Waals surface area contributed by atoms with Crippen LogP contribution in [-0.2, 0) is 18.4 Å². The van der Waals surface area contributed by atoms with E-state index in [0.29, 0.717) is 13.0 Å². The number of fused-ring (bicyclic) bond motifs is 1. The highest BCUT2D eigenvalue weighted by atomic mass is 16.6. The molecule has 0 amide bonds. The number of carbonyl (C=O) groups is 1. The van der Waals surface area contributed by atoms with Crippen LogP contribution in [0.15, 0.2) is 54.7 Å². The molecular weight excluding hydrogens is 384 g/mol. The molecule has 0 unspecified atom stereocenters. The summed E-state index contributed by atoms with van der Waals surface area (Å²) < 4.78 is 4.05. The van der Waals surface area contributed by atoms with Crippen molar-refractivity contribution in [1.29, 1.82) is 0 Å².